The molecule has 0 bridgehead atoms. The van der Waals surface area contributed by atoms with Crippen LogP contribution in [0.5, 0.6) is 0 Å². The van der Waals surface area contributed by atoms with Crippen molar-refractivity contribution in [2.75, 3.05) is 0 Å². The van der Waals surface area contributed by atoms with E-state index in [-0.39, 0.29) is 0 Å². The maximum Gasteiger partial charge on any atom is 0.129 e. The Morgan fingerprint density at radius 1 is 0.625 bits per heavy atom. The fourth-order valence-corrected chi connectivity index (χ4v) is 2.43. The van der Waals surface area contributed by atoms with Crippen molar-refractivity contribution in [2.45, 2.75) is 19.6 Å². The summed E-state index contributed by atoms with van der Waals surface area (Å²) >= 11 is 0. The molecule has 0 aliphatic heterocycles. The second kappa shape index (κ2) is 7.44. The van der Waals surface area contributed by atoms with Gasteiger partial charge in [0.25, 0.3) is 0 Å². The molecule has 0 fully saturated rings. The van der Waals surface area contributed by atoms with Crippen LogP contribution in [0.4, 0.5) is 0 Å². The van der Waals surface area contributed by atoms with Crippen LogP contribution in [0.1, 0.15) is 27.8 Å². The molecule has 0 saturated carbocycles. The van der Waals surface area contributed by atoms with Gasteiger partial charge in [-0.05, 0) is 42.5 Å². The molecule has 2 aromatic carbocycles. The summed E-state index contributed by atoms with van der Waals surface area (Å²) in [6, 6.07) is 13.5. The van der Waals surface area contributed by atoms with Gasteiger partial charge in [0.1, 0.15) is 8.07 Å². The molecule has 0 aromatic heterocycles. The molecule has 2 rings (SSSR count). The van der Waals surface area contributed by atoms with Crippen LogP contribution in [0.3, 0.4) is 0 Å². The van der Waals surface area contributed by atoms with E-state index in [9.17, 15) is 0 Å². The Morgan fingerprint density at radius 3 is 1.50 bits per heavy atom. The molecule has 0 heterocycles. The molecule has 0 aliphatic carbocycles. The van der Waals surface area contributed by atoms with Gasteiger partial charge in [-0.1, -0.05) is 49.2 Å². The fourth-order valence-electron chi connectivity index (χ4n) is 1.91. The zero-order valence-electron chi connectivity index (χ0n) is 14.2. The van der Waals surface area contributed by atoms with Crippen molar-refractivity contribution in [3.05, 3.63) is 70.3 Å². The first-order valence-corrected chi connectivity index (χ1v) is 11.1. The SMILES string of the molecule is C#Cc1cc(C#C)cc(C#Cc2ccc(C#C[Si](C)(C)C)cc2)c1. The second-order valence-electron chi connectivity index (χ2n) is 6.42. The Balaban J connectivity index is 2.25. The monoisotopic (exact) mass is 322 g/mol. The first kappa shape index (κ1) is 17.3. The highest BCUT2D eigenvalue weighted by Crippen LogP contribution is 2.09. The van der Waals surface area contributed by atoms with Gasteiger partial charge in [-0.15, -0.1) is 18.4 Å². The van der Waals surface area contributed by atoms with Gasteiger partial charge in [0.15, 0.2) is 0 Å². The highest BCUT2D eigenvalue weighted by atomic mass is 28.3. The summed E-state index contributed by atoms with van der Waals surface area (Å²) in [5, 5.41) is 0. The van der Waals surface area contributed by atoms with Gasteiger partial charge in [-0.3, -0.25) is 0 Å². The molecule has 0 saturated heterocycles. The molecule has 24 heavy (non-hydrogen) atoms. The van der Waals surface area contributed by atoms with Gasteiger partial charge in [-0.25, -0.2) is 0 Å². The number of benzene rings is 2. The Labute approximate surface area is 146 Å². The molecular weight excluding hydrogens is 304 g/mol. The Bertz CT molecular complexity index is 916. The minimum absolute atomic E-state index is 0.742. The molecule has 1 heteroatoms. The van der Waals surface area contributed by atoms with Crippen molar-refractivity contribution in [1.82, 2.24) is 0 Å². The van der Waals surface area contributed by atoms with Crippen LogP contribution < -0.4 is 0 Å². The van der Waals surface area contributed by atoms with Gasteiger partial charge in [0.2, 0.25) is 0 Å². The summed E-state index contributed by atoms with van der Waals surface area (Å²) in [5.41, 5.74) is 7.61. The lowest BCUT2D eigenvalue weighted by atomic mass is 10.1. The summed E-state index contributed by atoms with van der Waals surface area (Å²) in [5.74, 6) is 14.7. The molecule has 0 atom stereocenters. The number of hydrogen-bond donors (Lipinski definition) is 0. The van der Waals surface area contributed by atoms with Crippen LogP contribution in [0.25, 0.3) is 0 Å². The standard InChI is InChI=1S/C23H18Si/c1-6-19-16-20(7-2)18-23(17-19)13-12-21-8-10-22(11-9-21)14-15-24(3,4)5/h1-2,8-11,16-18H,3-5H3. The quantitative estimate of drug-likeness (QED) is 0.502. The van der Waals surface area contributed by atoms with Gasteiger partial charge >= 0.3 is 0 Å². The number of rotatable bonds is 0. The van der Waals surface area contributed by atoms with E-state index in [1.807, 2.05) is 36.4 Å². The van der Waals surface area contributed by atoms with Crippen molar-refractivity contribution in [3.63, 3.8) is 0 Å². The van der Waals surface area contributed by atoms with Gasteiger partial charge in [0, 0.05) is 27.8 Å². The summed E-state index contributed by atoms with van der Waals surface area (Å²) in [7, 11) is -1.35. The average molecular weight is 322 g/mol. The molecule has 0 N–H and O–H groups in total. The van der Waals surface area contributed by atoms with Crippen LogP contribution in [-0.2, 0) is 0 Å². The maximum absolute atomic E-state index is 5.45. The number of terminal acetylenes is 2. The Hall–Kier alpha value is -3.10. The van der Waals surface area contributed by atoms with Crippen LogP contribution in [0.2, 0.25) is 19.6 Å². The third-order valence-corrected chi connectivity index (χ3v) is 3.96. The first-order valence-electron chi connectivity index (χ1n) is 7.63. The summed E-state index contributed by atoms with van der Waals surface area (Å²) in [6.07, 6.45) is 10.9. The van der Waals surface area contributed by atoms with Crippen molar-refractivity contribution < 1.29 is 0 Å². The minimum Gasteiger partial charge on any atom is -0.127 e. The van der Waals surface area contributed by atoms with Gasteiger partial charge in [0.05, 0.1) is 0 Å². The van der Waals surface area contributed by atoms with E-state index in [0.717, 1.165) is 27.8 Å². The van der Waals surface area contributed by atoms with Gasteiger partial charge in [-0.2, -0.15) is 0 Å². The van der Waals surface area contributed by atoms with E-state index in [4.69, 9.17) is 12.8 Å². The molecule has 0 radical (unpaired) electrons. The van der Waals surface area contributed by atoms with Crippen LogP contribution >= 0.6 is 0 Å². The lowest BCUT2D eigenvalue weighted by molar-refractivity contribution is 1.55. The molecular formula is C23H18Si. The van der Waals surface area contributed by atoms with E-state index in [2.05, 4.69) is 54.8 Å². The van der Waals surface area contributed by atoms with E-state index in [1.54, 1.807) is 6.07 Å². The Morgan fingerprint density at radius 2 is 1.04 bits per heavy atom. The molecule has 0 nitrogen and oxygen atoms in total. The molecule has 0 amide bonds. The van der Waals surface area contributed by atoms with Crippen molar-refractivity contribution in [1.29, 1.82) is 0 Å². The van der Waals surface area contributed by atoms with Crippen molar-refractivity contribution >= 4 is 8.07 Å². The van der Waals surface area contributed by atoms with Crippen LogP contribution in [0, 0.1) is 48.0 Å². The summed E-state index contributed by atoms with van der Waals surface area (Å²) in [6.45, 7) is 6.69. The molecule has 0 unspecified atom stereocenters. The van der Waals surface area contributed by atoms with Crippen molar-refractivity contribution in [2.24, 2.45) is 0 Å². The third-order valence-electron chi connectivity index (χ3n) is 3.08. The lowest BCUT2D eigenvalue weighted by Crippen LogP contribution is -2.16. The number of hydrogen-bond acceptors (Lipinski definition) is 0. The highest BCUT2D eigenvalue weighted by molar-refractivity contribution is 6.83. The first-order chi connectivity index (χ1) is 11.4. The van der Waals surface area contributed by atoms with Gasteiger partial charge < -0.3 is 0 Å². The van der Waals surface area contributed by atoms with E-state index in [0.29, 0.717) is 0 Å². The maximum atomic E-state index is 5.45. The molecule has 2 aromatic rings. The normalized spacial score (nSPS) is 9.54. The zero-order chi connectivity index (χ0) is 17.6. The molecule has 114 valence electrons. The summed E-state index contributed by atoms with van der Waals surface area (Å²) in [4.78, 5) is 0. The molecule has 0 aliphatic rings. The van der Waals surface area contributed by atoms with Crippen LogP contribution in [0.15, 0.2) is 42.5 Å². The third kappa shape index (κ3) is 5.27. The van der Waals surface area contributed by atoms with Crippen molar-refractivity contribution in [3.8, 4) is 48.0 Å². The largest absolute Gasteiger partial charge is 0.129 e. The molecule has 0 spiro atoms. The predicted molar refractivity (Wildman–Crippen MR) is 105 cm³/mol. The van der Waals surface area contributed by atoms with E-state index < -0.39 is 8.07 Å². The minimum atomic E-state index is -1.35. The smallest absolute Gasteiger partial charge is 0.127 e. The summed E-state index contributed by atoms with van der Waals surface area (Å²) < 4.78 is 0. The lowest BCUT2D eigenvalue weighted by Gasteiger charge is -2.03. The topological polar surface area (TPSA) is 0 Å². The highest BCUT2D eigenvalue weighted by Gasteiger charge is 2.07. The fraction of sp³-hybridized carbons (Fsp3) is 0.130. The Kier molecular flexibility index (Phi) is 5.35. The van der Waals surface area contributed by atoms with E-state index >= 15 is 0 Å². The average Bonchev–Trinajstić information content (AvgIpc) is 2.58. The second-order valence-corrected chi connectivity index (χ2v) is 11.2. The van der Waals surface area contributed by atoms with E-state index in [1.165, 1.54) is 0 Å². The predicted octanol–water partition coefficient (Wildman–Crippen LogP) is 4.28. The zero-order valence-corrected chi connectivity index (χ0v) is 15.2. The van der Waals surface area contributed by atoms with Crippen LogP contribution in [-0.4, -0.2) is 8.07 Å².